The summed E-state index contributed by atoms with van der Waals surface area (Å²) in [4.78, 5) is 4.57. The van der Waals surface area contributed by atoms with Crippen LogP contribution in [0.3, 0.4) is 0 Å². The highest BCUT2D eigenvalue weighted by atomic mass is 35.5. The first kappa shape index (κ1) is 12.2. The lowest BCUT2D eigenvalue weighted by atomic mass is 10.1. The van der Waals surface area contributed by atoms with Crippen LogP contribution in [0.2, 0.25) is 5.02 Å². The van der Waals surface area contributed by atoms with E-state index >= 15 is 0 Å². The molecule has 2 rings (SSSR count). The normalized spacial score (nSPS) is 17.2. The SMILES string of the molecule is CN1CCN(c2ccc(C(=N)N)cc2Cl)CC1. The van der Waals surface area contributed by atoms with E-state index in [-0.39, 0.29) is 5.84 Å². The van der Waals surface area contributed by atoms with E-state index in [4.69, 9.17) is 22.7 Å². The molecule has 17 heavy (non-hydrogen) atoms. The molecule has 5 heteroatoms. The largest absolute Gasteiger partial charge is 0.384 e. The fourth-order valence-electron chi connectivity index (χ4n) is 1.98. The Hall–Kier alpha value is -1.26. The van der Waals surface area contributed by atoms with Crippen LogP contribution in [0.25, 0.3) is 0 Å². The molecule has 1 aromatic rings. The van der Waals surface area contributed by atoms with E-state index in [1.165, 1.54) is 0 Å². The Kier molecular flexibility index (Phi) is 3.54. The smallest absolute Gasteiger partial charge is 0.122 e. The molecule has 1 heterocycles. The number of likely N-dealkylation sites (N-methyl/N-ethyl adjacent to an activating group) is 1. The van der Waals surface area contributed by atoms with Gasteiger partial charge in [-0.25, -0.2) is 0 Å². The van der Waals surface area contributed by atoms with Crippen LogP contribution in [-0.2, 0) is 0 Å². The van der Waals surface area contributed by atoms with Gasteiger partial charge in [0.1, 0.15) is 5.84 Å². The van der Waals surface area contributed by atoms with Crippen molar-refractivity contribution in [2.75, 3.05) is 38.1 Å². The van der Waals surface area contributed by atoms with Crippen LogP contribution in [0.4, 0.5) is 5.69 Å². The Bertz CT molecular complexity index is 425. The lowest BCUT2D eigenvalue weighted by molar-refractivity contribution is 0.313. The van der Waals surface area contributed by atoms with Crippen molar-refractivity contribution in [3.63, 3.8) is 0 Å². The van der Waals surface area contributed by atoms with Gasteiger partial charge in [0.2, 0.25) is 0 Å². The third-order valence-electron chi connectivity index (χ3n) is 3.10. The Morgan fingerprint density at radius 3 is 2.47 bits per heavy atom. The molecule has 0 aliphatic carbocycles. The molecule has 0 unspecified atom stereocenters. The zero-order valence-corrected chi connectivity index (χ0v) is 10.7. The number of nitrogen functional groups attached to an aromatic ring is 1. The molecule has 0 radical (unpaired) electrons. The molecule has 1 aliphatic heterocycles. The summed E-state index contributed by atoms with van der Waals surface area (Å²) in [7, 11) is 2.12. The van der Waals surface area contributed by atoms with Gasteiger partial charge in [-0.05, 0) is 25.2 Å². The van der Waals surface area contributed by atoms with Gasteiger partial charge in [-0.3, -0.25) is 5.41 Å². The summed E-state index contributed by atoms with van der Waals surface area (Å²) in [5.41, 5.74) is 7.14. The van der Waals surface area contributed by atoms with E-state index in [0.717, 1.165) is 31.9 Å². The Morgan fingerprint density at radius 1 is 1.29 bits per heavy atom. The number of halogens is 1. The van der Waals surface area contributed by atoms with Crippen molar-refractivity contribution in [3.05, 3.63) is 28.8 Å². The van der Waals surface area contributed by atoms with Crippen LogP contribution < -0.4 is 10.6 Å². The number of hydrogen-bond donors (Lipinski definition) is 2. The van der Waals surface area contributed by atoms with Crippen LogP contribution in [0.1, 0.15) is 5.56 Å². The van der Waals surface area contributed by atoms with E-state index in [9.17, 15) is 0 Å². The maximum absolute atomic E-state index is 7.37. The highest BCUT2D eigenvalue weighted by Gasteiger charge is 2.16. The Balaban J connectivity index is 2.19. The fourth-order valence-corrected chi connectivity index (χ4v) is 2.28. The zero-order valence-electron chi connectivity index (χ0n) is 9.91. The topological polar surface area (TPSA) is 56.4 Å². The van der Waals surface area contributed by atoms with Gasteiger partial charge >= 0.3 is 0 Å². The summed E-state index contributed by atoms with van der Waals surface area (Å²) in [5, 5.41) is 8.04. The van der Waals surface area contributed by atoms with Crippen LogP contribution in [-0.4, -0.2) is 44.0 Å². The molecular weight excluding hydrogens is 236 g/mol. The van der Waals surface area contributed by atoms with Crippen LogP contribution in [0, 0.1) is 5.41 Å². The quantitative estimate of drug-likeness (QED) is 0.618. The van der Waals surface area contributed by atoms with E-state index in [1.807, 2.05) is 12.1 Å². The molecule has 0 saturated carbocycles. The van der Waals surface area contributed by atoms with Crippen LogP contribution >= 0.6 is 11.6 Å². The number of nitrogens with two attached hydrogens (primary N) is 1. The molecule has 0 aromatic heterocycles. The first-order valence-corrected chi connectivity index (χ1v) is 6.03. The third-order valence-corrected chi connectivity index (χ3v) is 3.41. The van der Waals surface area contributed by atoms with E-state index in [2.05, 4.69) is 16.8 Å². The molecule has 1 aromatic carbocycles. The number of hydrogen-bond acceptors (Lipinski definition) is 3. The van der Waals surface area contributed by atoms with Gasteiger partial charge in [0.05, 0.1) is 10.7 Å². The molecular formula is C12H17ClN4. The first-order valence-electron chi connectivity index (χ1n) is 5.65. The van der Waals surface area contributed by atoms with Gasteiger partial charge < -0.3 is 15.5 Å². The average Bonchev–Trinajstić information content (AvgIpc) is 2.30. The summed E-state index contributed by atoms with van der Waals surface area (Å²) in [6.45, 7) is 4.06. The minimum atomic E-state index is 0.0526. The molecule has 92 valence electrons. The summed E-state index contributed by atoms with van der Waals surface area (Å²) in [6.07, 6.45) is 0. The van der Waals surface area contributed by atoms with E-state index < -0.39 is 0 Å². The standard InChI is InChI=1S/C12H17ClN4/c1-16-4-6-17(7-5-16)11-3-2-9(12(14)15)8-10(11)13/h2-3,8H,4-7H2,1H3,(H3,14,15). The highest BCUT2D eigenvalue weighted by molar-refractivity contribution is 6.33. The van der Waals surface area contributed by atoms with Gasteiger partial charge in [-0.2, -0.15) is 0 Å². The monoisotopic (exact) mass is 252 g/mol. The molecule has 1 aliphatic rings. The van der Waals surface area contributed by atoms with E-state index in [0.29, 0.717) is 10.6 Å². The molecule has 1 fully saturated rings. The molecule has 0 spiro atoms. The number of rotatable bonds is 2. The number of nitrogens with one attached hydrogen (secondary N) is 1. The minimum absolute atomic E-state index is 0.0526. The summed E-state index contributed by atoms with van der Waals surface area (Å²) in [5.74, 6) is 0.0526. The van der Waals surface area contributed by atoms with Crippen molar-refractivity contribution >= 4 is 23.1 Å². The van der Waals surface area contributed by atoms with Crippen LogP contribution in [0.5, 0.6) is 0 Å². The predicted molar refractivity (Wildman–Crippen MR) is 72.2 cm³/mol. The first-order chi connectivity index (χ1) is 8.08. The van der Waals surface area contributed by atoms with E-state index in [1.54, 1.807) is 6.07 Å². The van der Waals surface area contributed by atoms with Gasteiger partial charge in [0.25, 0.3) is 0 Å². The Labute approximate surface area is 106 Å². The number of anilines is 1. The summed E-state index contributed by atoms with van der Waals surface area (Å²) >= 11 is 6.24. The molecule has 0 bridgehead atoms. The van der Waals surface area contributed by atoms with Crippen molar-refractivity contribution in [1.82, 2.24) is 4.90 Å². The molecule has 0 amide bonds. The number of benzene rings is 1. The van der Waals surface area contributed by atoms with Crippen molar-refractivity contribution in [2.24, 2.45) is 5.73 Å². The minimum Gasteiger partial charge on any atom is -0.384 e. The molecule has 1 saturated heterocycles. The average molecular weight is 253 g/mol. The lowest BCUT2D eigenvalue weighted by Gasteiger charge is -2.34. The zero-order chi connectivity index (χ0) is 12.4. The van der Waals surface area contributed by atoms with Crippen molar-refractivity contribution in [3.8, 4) is 0 Å². The predicted octanol–water partition coefficient (Wildman–Crippen LogP) is 1.38. The maximum Gasteiger partial charge on any atom is 0.122 e. The van der Waals surface area contributed by atoms with Gasteiger partial charge in [-0.15, -0.1) is 0 Å². The Morgan fingerprint density at radius 2 is 1.94 bits per heavy atom. The van der Waals surface area contributed by atoms with Gasteiger partial charge in [0, 0.05) is 31.7 Å². The maximum atomic E-state index is 7.37. The second-order valence-electron chi connectivity index (χ2n) is 4.37. The lowest BCUT2D eigenvalue weighted by Crippen LogP contribution is -2.44. The van der Waals surface area contributed by atoms with Crippen molar-refractivity contribution in [1.29, 1.82) is 5.41 Å². The van der Waals surface area contributed by atoms with Gasteiger partial charge in [0.15, 0.2) is 0 Å². The second kappa shape index (κ2) is 4.94. The number of amidine groups is 1. The molecule has 4 nitrogen and oxygen atoms in total. The fraction of sp³-hybridized carbons (Fsp3) is 0.417. The summed E-state index contributed by atoms with van der Waals surface area (Å²) in [6, 6.07) is 5.56. The third kappa shape index (κ3) is 2.70. The summed E-state index contributed by atoms with van der Waals surface area (Å²) < 4.78 is 0. The van der Waals surface area contributed by atoms with Crippen LogP contribution in [0.15, 0.2) is 18.2 Å². The van der Waals surface area contributed by atoms with Crippen molar-refractivity contribution in [2.45, 2.75) is 0 Å². The molecule has 3 N–H and O–H groups in total. The number of piperazine rings is 1. The van der Waals surface area contributed by atoms with Crippen molar-refractivity contribution < 1.29 is 0 Å². The highest BCUT2D eigenvalue weighted by Crippen LogP contribution is 2.27. The van der Waals surface area contributed by atoms with Gasteiger partial charge in [-0.1, -0.05) is 11.6 Å². The number of nitrogens with zero attached hydrogens (tertiary/aromatic N) is 2. The second-order valence-corrected chi connectivity index (χ2v) is 4.78. The molecule has 0 atom stereocenters.